The highest BCUT2D eigenvalue weighted by atomic mass is 35.5. The minimum absolute atomic E-state index is 0.258. The van der Waals surface area contributed by atoms with E-state index in [-0.39, 0.29) is 5.88 Å². The summed E-state index contributed by atoms with van der Waals surface area (Å²) in [5.74, 6) is 5.19. The molecule has 1 N–H and O–H groups in total. The molecule has 0 radical (unpaired) electrons. The van der Waals surface area contributed by atoms with Gasteiger partial charge in [0.1, 0.15) is 0 Å². The van der Waals surface area contributed by atoms with Crippen LogP contribution in [-0.2, 0) is 10.2 Å². The fourth-order valence-corrected chi connectivity index (χ4v) is 1.93. The van der Waals surface area contributed by atoms with Crippen molar-refractivity contribution in [1.82, 2.24) is 0 Å². The van der Waals surface area contributed by atoms with Gasteiger partial charge in [0.15, 0.2) is 0 Å². The van der Waals surface area contributed by atoms with Gasteiger partial charge in [-0.3, -0.25) is 4.79 Å². The molecule has 1 aliphatic carbocycles. The third-order valence-electron chi connectivity index (χ3n) is 2.89. The van der Waals surface area contributed by atoms with Crippen molar-refractivity contribution in [3.63, 3.8) is 0 Å². The lowest BCUT2D eigenvalue weighted by molar-refractivity contribution is -0.140. The Bertz CT molecular complexity index is 478. The number of halogens is 1. The predicted octanol–water partition coefficient (Wildman–Crippen LogP) is 2.39. The number of alkyl halides is 1. The lowest BCUT2D eigenvalue weighted by Crippen LogP contribution is -2.20. The molecule has 0 atom stereocenters. The Morgan fingerprint density at radius 3 is 2.69 bits per heavy atom. The molecule has 1 saturated carbocycles. The van der Waals surface area contributed by atoms with Crippen LogP contribution in [0.4, 0.5) is 0 Å². The zero-order valence-corrected chi connectivity index (χ0v) is 9.42. The summed E-state index contributed by atoms with van der Waals surface area (Å²) >= 11 is 5.51. The van der Waals surface area contributed by atoms with Crippen LogP contribution in [0.2, 0.25) is 0 Å². The van der Waals surface area contributed by atoms with E-state index >= 15 is 0 Å². The number of hydrogen-bond donors (Lipinski definition) is 1. The summed E-state index contributed by atoms with van der Waals surface area (Å²) in [6, 6.07) is 7.40. The minimum atomic E-state index is -0.757. The monoisotopic (exact) mass is 234 g/mol. The van der Waals surface area contributed by atoms with Crippen molar-refractivity contribution in [2.45, 2.75) is 18.3 Å². The molecule has 3 heteroatoms. The number of rotatable bonds is 2. The Morgan fingerprint density at radius 2 is 2.12 bits per heavy atom. The Morgan fingerprint density at radius 1 is 1.44 bits per heavy atom. The van der Waals surface area contributed by atoms with Crippen LogP contribution in [0, 0.1) is 11.8 Å². The molecule has 1 fully saturated rings. The zero-order chi connectivity index (χ0) is 11.6. The van der Waals surface area contributed by atoms with Gasteiger partial charge in [-0.05, 0) is 24.5 Å². The first-order chi connectivity index (χ1) is 7.70. The second-order valence-corrected chi connectivity index (χ2v) is 4.14. The summed E-state index contributed by atoms with van der Waals surface area (Å²) < 4.78 is 0. The maximum absolute atomic E-state index is 11.2. The fraction of sp³-hybridized carbons (Fsp3) is 0.308. The quantitative estimate of drug-likeness (QED) is 0.630. The van der Waals surface area contributed by atoms with E-state index in [4.69, 9.17) is 11.6 Å². The number of carboxylic acid groups (broad SMARTS) is 1. The Hall–Kier alpha value is -1.46. The summed E-state index contributed by atoms with van der Waals surface area (Å²) in [7, 11) is 0. The van der Waals surface area contributed by atoms with Gasteiger partial charge in [0, 0.05) is 5.56 Å². The van der Waals surface area contributed by atoms with Gasteiger partial charge in [0.2, 0.25) is 0 Å². The van der Waals surface area contributed by atoms with Gasteiger partial charge >= 0.3 is 5.97 Å². The molecule has 2 nitrogen and oxygen atoms in total. The Labute approximate surface area is 99.2 Å². The molecule has 0 aliphatic heterocycles. The van der Waals surface area contributed by atoms with Gasteiger partial charge in [-0.2, -0.15) is 0 Å². The van der Waals surface area contributed by atoms with Gasteiger partial charge in [0.05, 0.1) is 11.3 Å². The highest BCUT2D eigenvalue weighted by Crippen LogP contribution is 2.49. The standard InChI is InChI=1S/C13H11ClO2/c14-9-3-5-10-4-1-2-6-11(10)13(7-8-13)12(15)16/h1-2,4,6H,7-9H2,(H,15,16). The van der Waals surface area contributed by atoms with Gasteiger partial charge in [-0.1, -0.05) is 30.0 Å². The van der Waals surface area contributed by atoms with Crippen molar-refractivity contribution in [2.24, 2.45) is 0 Å². The molecule has 1 aliphatic rings. The second-order valence-electron chi connectivity index (χ2n) is 3.87. The van der Waals surface area contributed by atoms with Crippen molar-refractivity contribution in [3.8, 4) is 11.8 Å². The van der Waals surface area contributed by atoms with Crippen LogP contribution >= 0.6 is 11.6 Å². The molecular formula is C13H11ClO2. The van der Waals surface area contributed by atoms with Crippen molar-refractivity contribution in [1.29, 1.82) is 0 Å². The van der Waals surface area contributed by atoms with E-state index in [2.05, 4.69) is 11.8 Å². The largest absolute Gasteiger partial charge is 0.481 e. The lowest BCUT2D eigenvalue weighted by Gasteiger charge is -2.11. The zero-order valence-electron chi connectivity index (χ0n) is 8.66. The van der Waals surface area contributed by atoms with Crippen LogP contribution in [-0.4, -0.2) is 17.0 Å². The van der Waals surface area contributed by atoms with Crippen LogP contribution in [0.15, 0.2) is 24.3 Å². The van der Waals surface area contributed by atoms with Gasteiger partial charge in [-0.25, -0.2) is 0 Å². The van der Waals surface area contributed by atoms with Crippen LogP contribution < -0.4 is 0 Å². The number of hydrogen-bond acceptors (Lipinski definition) is 1. The summed E-state index contributed by atoms with van der Waals surface area (Å²) in [6.07, 6.45) is 1.39. The molecule has 0 spiro atoms. The summed E-state index contributed by atoms with van der Waals surface area (Å²) in [5, 5.41) is 9.23. The number of carboxylic acids is 1. The lowest BCUT2D eigenvalue weighted by atomic mass is 9.91. The van der Waals surface area contributed by atoms with Crippen LogP contribution in [0.5, 0.6) is 0 Å². The van der Waals surface area contributed by atoms with E-state index in [1.807, 2.05) is 24.3 Å². The first-order valence-electron chi connectivity index (χ1n) is 5.08. The van der Waals surface area contributed by atoms with Crippen LogP contribution in [0.3, 0.4) is 0 Å². The van der Waals surface area contributed by atoms with E-state index in [0.717, 1.165) is 11.1 Å². The smallest absolute Gasteiger partial charge is 0.314 e. The van der Waals surface area contributed by atoms with Crippen LogP contribution in [0.1, 0.15) is 24.0 Å². The van der Waals surface area contributed by atoms with Gasteiger partial charge in [0.25, 0.3) is 0 Å². The summed E-state index contributed by atoms with van der Waals surface area (Å²) in [6.45, 7) is 0. The molecule has 1 aromatic rings. The first-order valence-corrected chi connectivity index (χ1v) is 5.62. The molecule has 0 saturated heterocycles. The molecule has 0 amide bonds. The Balaban J connectivity index is 2.45. The van der Waals surface area contributed by atoms with Crippen molar-refractivity contribution in [2.75, 3.05) is 5.88 Å². The molecule has 1 aromatic carbocycles. The molecule has 2 rings (SSSR count). The van der Waals surface area contributed by atoms with E-state index in [1.54, 1.807) is 0 Å². The highest BCUT2D eigenvalue weighted by molar-refractivity contribution is 6.19. The molecule has 0 bridgehead atoms. The fourth-order valence-electron chi connectivity index (χ4n) is 1.86. The number of aliphatic carboxylic acids is 1. The third kappa shape index (κ3) is 1.79. The molecule has 0 aromatic heterocycles. The van der Waals surface area contributed by atoms with Crippen LogP contribution in [0.25, 0.3) is 0 Å². The van der Waals surface area contributed by atoms with E-state index in [0.29, 0.717) is 12.8 Å². The Kier molecular flexibility index (Phi) is 2.89. The molecule has 0 unspecified atom stereocenters. The van der Waals surface area contributed by atoms with Crippen molar-refractivity contribution < 1.29 is 9.90 Å². The average Bonchev–Trinajstić information content (AvgIpc) is 3.08. The van der Waals surface area contributed by atoms with Crippen molar-refractivity contribution >= 4 is 17.6 Å². The highest BCUT2D eigenvalue weighted by Gasteiger charge is 2.52. The molecule has 16 heavy (non-hydrogen) atoms. The maximum atomic E-state index is 11.2. The summed E-state index contributed by atoms with van der Waals surface area (Å²) in [4.78, 5) is 11.2. The number of benzene rings is 1. The number of carbonyl (C=O) groups is 1. The van der Waals surface area contributed by atoms with E-state index < -0.39 is 11.4 Å². The first kappa shape index (κ1) is 11.0. The van der Waals surface area contributed by atoms with E-state index in [9.17, 15) is 9.90 Å². The van der Waals surface area contributed by atoms with E-state index in [1.165, 1.54) is 0 Å². The SMILES string of the molecule is O=C(O)C1(c2ccccc2C#CCCl)CC1. The third-order valence-corrected chi connectivity index (χ3v) is 3.03. The predicted molar refractivity (Wildman–Crippen MR) is 62.6 cm³/mol. The molecular weight excluding hydrogens is 224 g/mol. The van der Waals surface area contributed by atoms with Crippen molar-refractivity contribution in [3.05, 3.63) is 35.4 Å². The maximum Gasteiger partial charge on any atom is 0.314 e. The second kappa shape index (κ2) is 4.19. The summed E-state index contributed by atoms with van der Waals surface area (Å²) in [5.41, 5.74) is 0.903. The van der Waals surface area contributed by atoms with Gasteiger partial charge in [-0.15, -0.1) is 11.6 Å². The molecule has 0 heterocycles. The normalized spacial score (nSPS) is 16.1. The topological polar surface area (TPSA) is 37.3 Å². The van der Waals surface area contributed by atoms with Gasteiger partial charge < -0.3 is 5.11 Å². The minimum Gasteiger partial charge on any atom is -0.481 e. The molecule has 82 valence electrons. The average molecular weight is 235 g/mol.